The van der Waals surface area contributed by atoms with E-state index in [1.54, 1.807) is 19.1 Å². The van der Waals surface area contributed by atoms with Gasteiger partial charge in [-0.1, -0.05) is 6.42 Å². The van der Waals surface area contributed by atoms with Gasteiger partial charge in [0.2, 0.25) is 0 Å². The molecule has 1 aliphatic rings. The minimum Gasteiger partial charge on any atom is -0.461 e. The third kappa shape index (κ3) is 4.44. The summed E-state index contributed by atoms with van der Waals surface area (Å²) in [5.74, 6) is -0.280. The van der Waals surface area contributed by atoms with Gasteiger partial charge in [-0.3, -0.25) is 14.9 Å². The zero-order valence-corrected chi connectivity index (χ0v) is 12.1. The fourth-order valence-electron chi connectivity index (χ4n) is 2.56. The van der Waals surface area contributed by atoms with E-state index in [0.717, 1.165) is 25.7 Å². The van der Waals surface area contributed by atoms with Crippen LogP contribution >= 0.6 is 0 Å². The van der Waals surface area contributed by atoms with E-state index in [9.17, 15) is 14.9 Å². The van der Waals surface area contributed by atoms with E-state index in [-0.39, 0.29) is 24.3 Å². The first-order valence-corrected chi connectivity index (χ1v) is 7.24. The lowest BCUT2D eigenvalue weighted by atomic mass is 9.98. The molecule has 0 spiro atoms. The topological polar surface area (TPSA) is 81.5 Å². The monoisotopic (exact) mass is 292 g/mol. The number of nitrogens with zero attached hydrogens (tertiary/aromatic N) is 1. The quantitative estimate of drug-likeness (QED) is 0.512. The number of rotatable bonds is 5. The summed E-state index contributed by atoms with van der Waals surface area (Å²) in [7, 11) is 0. The minimum atomic E-state index is -0.420. The van der Waals surface area contributed by atoms with Crippen molar-refractivity contribution in [3.8, 4) is 0 Å². The van der Waals surface area contributed by atoms with Gasteiger partial charge in [-0.25, -0.2) is 0 Å². The van der Waals surface area contributed by atoms with Gasteiger partial charge in [-0.2, -0.15) is 0 Å². The van der Waals surface area contributed by atoms with Crippen molar-refractivity contribution in [2.45, 2.75) is 45.1 Å². The average Bonchev–Trinajstić information content (AvgIpc) is 2.46. The summed E-state index contributed by atoms with van der Waals surface area (Å²) >= 11 is 0. The standard InChI is InChI=1S/C15H20N2O4/c1-11-9-12(7-8-14(11)17(19)20)16-10-15(18)21-13-5-3-2-4-6-13/h7-9,13,16H,2-6,10H2,1H3. The molecule has 0 unspecified atom stereocenters. The zero-order valence-electron chi connectivity index (χ0n) is 12.1. The third-order valence-corrected chi connectivity index (χ3v) is 3.68. The van der Waals surface area contributed by atoms with Gasteiger partial charge in [0.25, 0.3) is 5.69 Å². The Labute approximate surface area is 123 Å². The first-order chi connectivity index (χ1) is 10.1. The molecule has 6 nitrogen and oxygen atoms in total. The first kappa shape index (κ1) is 15.3. The SMILES string of the molecule is Cc1cc(NCC(=O)OC2CCCCC2)ccc1[N+](=O)[O-]. The van der Waals surface area contributed by atoms with Crippen LogP contribution in [0.15, 0.2) is 18.2 Å². The minimum absolute atomic E-state index is 0.0478. The molecular weight excluding hydrogens is 272 g/mol. The van der Waals surface area contributed by atoms with Crippen LogP contribution in [0.5, 0.6) is 0 Å². The van der Waals surface area contributed by atoms with Gasteiger partial charge in [-0.05, 0) is 44.7 Å². The number of carbonyl (C=O) groups excluding carboxylic acids is 1. The maximum Gasteiger partial charge on any atom is 0.325 e. The van der Waals surface area contributed by atoms with Crippen LogP contribution in [-0.2, 0) is 9.53 Å². The van der Waals surface area contributed by atoms with Crippen molar-refractivity contribution in [2.75, 3.05) is 11.9 Å². The number of carbonyl (C=O) groups is 1. The maximum atomic E-state index is 11.8. The number of hydrogen-bond acceptors (Lipinski definition) is 5. The lowest BCUT2D eigenvalue weighted by Crippen LogP contribution is -2.25. The highest BCUT2D eigenvalue weighted by atomic mass is 16.6. The average molecular weight is 292 g/mol. The van der Waals surface area contributed by atoms with Gasteiger partial charge in [0.1, 0.15) is 12.6 Å². The van der Waals surface area contributed by atoms with Crippen LogP contribution in [0.3, 0.4) is 0 Å². The Morgan fingerprint density at radius 2 is 2.10 bits per heavy atom. The molecule has 0 atom stereocenters. The molecule has 21 heavy (non-hydrogen) atoms. The van der Waals surface area contributed by atoms with E-state index >= 15 is 0 Å². The Hall–Kier alpha value is -2.11. The summed E-state index contributed by atoms with van der Waals surface area (Å²) in [5, 5.41) is 13.7. The summed E-state index contributed by atoms with van der Waals surface area (Å²) in [6, 6.07) is 4.69. The molecule has 0 saturated heterocycles. The number of benzene rings is 1. The molecule has 1 N–H and O–H groups in total. The molecule has 0 bridgehead atoms. The number of esters is 1. The highest BCUT2D eigenvalue weighted by molar-refractivity contribution is 5.75. The molecule has 0 amide bonds. The molecule has 1 saturated carbocycles. The molecule has 1 aliphatic carbocycles. The molecule has 0 aliphatic heterocycles. The van der Waals surface area contributed by atoms with E-state index in [1.807, 2.05) is 0 Å². The van der Waals surface area contributed by atoms with Crippen LogP contribution in [0.25, 0.3) is 0 Å². The van der Waals surface area contributed by atoms with Crippen molar-refractivity contribution in [3.63, 3.8) is 0 Å². The Morgan fingerprint density at radius 3 is 2.71 bits per heavy atom. The predicted octanol–water partition coefficient (Wildman–Crippen LogP) is 3.19. The van der Waals surface area contributed by atoms with Crippen LogP contribution < -0.4 is 5.32 Å². The Morgan fingerprint density at radius 1 is 1.38 bits per heavy atom. The third-order valence-electron chi connectivity index (χ3n) is 3.68. The Bertz CT molecular complexity index is 524. The molecule has 0 heterocycles. The van der Waals surface area contributed by atoms with E-state index in [2.05, 4.69) is 5.32 Å². The molecule has 1 aromatic carbocycles. The lowest BCUT2D eigenvalue weighted by molar-refractivity contribution is -0.385. The first-order valence-electron chi connectivity index (χ1n) is 7.24. The number of nitrogens with one attached hydrogen (secondary N) is 1. The Kier molecular flexibility index (Phi) is 5.14. The van der Waals surface area contributed by atoms with Crippen LogP contribution in [0.4, 0.5) is 11.4 Å². The summed E-state index contributed by atoms with van der Waals surface area (Å²) in [6.07, 6.45) is 5.39. The fraction of sp³-hybridized carbons (Fsp3) is 0.533. The summed E-state index contributed by atoms with van der Waals surface area (Å²) < 4.78 is 5.40. The smallest absolute Gasteiger partial charge is 0.325 e. The highest BCUT2D eigenvalue weighted by Crippen LogP contribution is 2.22. The van der Waals surface area contributed by atoms with Gasteiger partial charge < -0.3 is 10.1 Å². The van der Waals surface area contributed by atoms with Crippen molar-refractivity contribution in [1.82, 2.24) is 0 Å². The number of ether oxygens (including phenoxy) is 1. The molecule has 114 valence electrons. The number of nitro benzene ring substituents is 1. The number of nitro groups is 1. The normalized spacial score (nSPS) is 15.5. The van der Waals surface area contributed by atoms with Crippen LogP contribution in [0.2, 0.25) is 0 Å². The molecule has 0 radical (unpaired) electrons. The summed E-state index contributed by atoms with van der Waals surface area (Å²) in [6.45, 7) is 1.75. The van der Waals surface area contributed by atoms with E-state index in [1.165, 1.54) is 12.5 Å². The second-order valence-electron chi connectivity index (χ2n) is 5.36. The van der Waals surface area contributed by atoms with Gasteiger partial charge in [0.05, 0.1) is 4.92 Å². The second kappa shape index (κ2) is 7.06. The zero-order chi connectivity index (χ0) is 15.2. The van der Waals surface area contributed by atoms with Gasteiger partial charge in [-0.15, -0.1) is 0 Å². The van der Waals surface area contributed by atoms with E-state index in [4.69, 9.17) is 4.74 Å². The number of anilines is 1. The molecule has 6 heteroatoms. The largest absolute Gasteiger partial charge is 0.461 e. The van der Waals surface area contributed by atoms with Gasteiger partial charge >= 0.3 is 5.97 Å². The molecule has 2 rings (SSSR count). The Balaban J connectivity index is 1.83. The number of aryl methyl sites for hydroxylation is 1. The van der Waals surface area contributed by atoms with Gasteiger partial charge in [0.15, 0.2) is 0 Å². The van der Waals surface area contributed by atoms with E-state index < -0.39 is 4.92 Å². The van der Waals surface area contributed by atoms with Crippen molar-refractivity contribution < 1.29 is 14.5 Å². The number of hydrogen-bond donors (Lipinski definition) is 1. The lowest BCUT2D eigenvalue weighted by Gasteiger charge is -2.21. The van der Waals surface area contributed by atoms with Crippen molar-refractivity contribution in [3.05, 3.63) is 33.9 Å². The van der Waals surface area contributed by atoms with Gasteiger partial charge in [0, 0.05) is 17.3 Å². The van der Waals surface area contributed by atoms with Crippen molar-refractivity contribution in [2.24, 2.45) is 0 Å². The second-order valence-corrected chi connectivity index (χ2v) is 5.36. The summed E-state index contributed by atoms with van der Waals surface area (Å²) in [4.78, 5) is 22.1. The van der Waals surface area contributed by atoms with E-state index in [0.29, 0.717) is 11.3 Å². The molecule has 0 aromatic heterocycles. The molecule has 1 aromatic rings. The predicted molar refractivity (Wildman–Crippen MR) is 79.3 cm³/mol. The van der Waals surface area contributed by atoms with Crippen LogP contribution in [0.1, 0.15) is 37.7 Å². The van der Waals surface area contributed by atoms with Crippen molar-refractivity contribution in [1.29, 1.82) is 0 Å². The fourth-order valence-corrected chi connectivity index (χ4v) is 2.56. The van der Waals surface area contributed by atoms with Crippen LogP contribution in [-0.4, -0.2) is 23.5 Å². The van der Waals surface area contributed by atoms with Crippen LogP contribution in [0, 0.1) is 17.0 Å². The highest BCUT2D eigenvalue weighted by Gasteiger charge is 2.17. The van der Waals surface area contributed by atoms with Crippen molar-refractivity contribution >= 4 is 17.3 Å². The maximum absolute atomic E-state index is 11.8. The molecular formula is C15H20N2O4. The molecule has 1 fully saturated rings. The summed E-state index contributed by atoms with van der Waals surface area (Å²) in [5.41, 5.74) is 1.31.